The first kappa shape index (κ1) is 21.2. The highest BCUT2D eigenvalue weighted by Crippen LogP contribution is 2.38. The van der Waals surface area contributed by atoms with Crippen molar-refractivity contribution >= 4 is 34.3 Å². The summed E-state index contributed by atoms with van der Waals surface area (Å²) >= 11 is 6.58. The minimum Gasteiger partial charge on any atom is -0.478 e. The second-order valence-corrected chi connectivity index (χ2v) is 8.63. The predicted molar refractivity (Wildman–Crippen MR) is 128 cm³/mol. The van der Waals surface area contributed by atoms with Gasteiger partial charge in [0.1, 0.15) is 5.75 Å². The van der Waals surface area contributed by atoms with Crippen LogP contribution in [0.15, 0.2) is 60.7 Å². The molecular formula is C26H22ClN3O3. The number of carboxylic acids is 1. The molecule has 0 saturated carbocycles. The molecule has 0 spiro atoms. The lowest BCUT2D eigenvalue weighted by Gasteiger charge is -2.22. The monoisotopic (exact) mass is 459 g/mol. The zero-order valence-electron chi connectivity index (χ0n) is 18.0. The first-order chi connectivity index (χ1) is 16.0. The predicted octanol–water partition coefficient (Wildman–Crippen LogP) is 6.76. The van der Waals surface area contributed by atoms with Gasteiger partial charge in [0, 0.05) is 0 Å². The van der Waals surface area contributed by atoms with Crippen molar-refractivity contribution in [3.05, 3.63) is 88.1 Å². The standard InChI is InChI=1S/C26H22ClN3O3/c1-15-7-12-19(13-20(15)25(31)32)33-26-28-22-14-21(27)23(29-24(22)30-26)18-10-8-17(9-11-18)16-5-3-2-4-6-16/h2-7,10,12-14,17H,8-9,11H2,1H3,(H,31,32)(H,28,29,30). The average Bonchev–Trinajstić information content (AvgIpc) is 3.21. The first-order valence-corrected chi connectivity index (χ1v) is 11.2. The fourth-order valence-corrected chi connectivity index (χ4v) is 4.53. The second kappa shape index (κ2) is 8.71. The molecule has 1 aliphatic rings. The zero-order valence-corrected chi connectivity index (χ0v) is 18.8. The molecule has 2 aromatic heterocycles. The molecule has 1 aliphatic carbocycles. The number of rotatable bonds is 5. The number of H-pyrrole nitrogens is 1. The number of carboxylic acid groups (broad SMARTS) is 1. The molecule has 0 bridgehead atoms. The average molecular weight is 460 g/mol. The number of ether oxygens (including phenoxy) is 1. The maximum Gasteiger partial charge on any atom is 0.336 e. The number of benzene rings is 2. The second-order valence-electron chi connectivity index (χ2n) is 8.23. The lowest BCUT2D eigenvalue weighted by atomic mass is 9.84. The highest BCUT2D eigenvalue weighted by molar-refractivity contribution is 6.32. The molecule has 166 valence electrons. The minimum absolute atomic E-state index is 0.185. The van der Waals surface area contributed by atoms with E-state index in [1.165, 1.54) is 11.6 Å². The molecule has 0 aliphatic heterocycles. The Balaban J connectivity index is 1.39. The Morgan fingerprint density at radius 3 is 2.70 bits per heavy atom. The number of aromatic nitrogens is 3. The van der Waals surface area contributed by atoms with Gasteiger partial charge in [-0.1, -0.05) is 54.1 Å². The van der Waals surface area contributed by atoms with Crippen LogP contribution in [0.2, 0.25) is 5.02 Å². The quantitative estimate of drug-likeness (QED) is 0.344. The molecule has 7 heteroatoms. The maximum absolute atomic E-state index is 11.4. The summed E-state index contributed by atoms with van der Waals surface area (Å²) in [5, 5.41) is 9.89. The van der Waals surface area contributed by atoms with Crippen LogP contribution in [0.3, 0.4) is 0 Å². The number of allylic oxidation sites excluding steroid dienone is 2. The van der Waals surface area contributed by atoms with Crippen molar-refractivity contribution in [3.8, 4) is 11.8 Å². The molecule has 2 heterocycles. The van der Waals surface area contributed by atoms with Crippen LogP contribution in [-0.2, 0) is 0 Å². The highest BCUT2D eigenvalue weighted by atomic mass is 35.5. The van der Waals surface area contributed by atoms with Gasteiger partial charge in [-0.2, -0.15) is 4.98 Å². The third-order valence-corrected chi connectivity index (χ3v) is 6.33. The normalized spacial score (nSPS) is 15.9. The van der Waals surface area contributed by atoms with Crippen LogP contribution in [-0.4, -0.2) is 26.0 Å². The number of hydrogen-bond acceptors (Lipinski definition) is 4. The van der Waals surface area contributed by atoms with Crippen LogP contribution in [0.4, 0.5) is 0 Å². The van der Waals surface area contributed by atoms with Crippen molar-refractivity contribution in [2.45, 2.75) is 32.1 Å². The van der Waals surface area contributed by atoms with Crippen LogP contribution in [0.25, 0.3) is 16.7 Å². The fraction of sp³-hybridized carbons (Fsp3) is 0.192. The van der Waals surface area contributed by atoms with Gasteiger partial charge in [-0.15, -0.1) is 0 Å². The summed E-state index contributed by atoms with van der Waals surface area (Å²) in [6.07, 6.45) is 5.11. The molecule has 0 amide bonds. The van der Waals surface area contributed by atoms with E-state index in [-0.39, 0.29) is 11.6 Å². The first-order valence-electron chi connectivity index (χ1n) is 10.8. The fourth-order valence-electron chi connectivity index (χ4n) is 4.25. The Labute approximate surface area is 195 Å². The largest absolute Gasteiger partial charge is 0.478 e. The third-order valence-electron chi connectivity index (χ3n) is 6.04. The van der Waals surface area contributed by atoms with E-state index in [0.29, 0.717) is 33.4 Å². The number of pyridine rings is 1. The van der Waals surface area contributed by atoms with E-state index in [1.54, 1.807) is 25.1 Å². The van der Waals surface area contributed by atoms with E-state index in [2.05, 4.69) is 40.3 Å². The van der Waals surface area contributed by atoms with E-state index >= 15 is 0 Å². The summed E-state index contributed by atoms with van der Waals surface area (Å²) in [5.74, 6) is -0.116. The summed E-state index contributed by atoms with van der Waals surface area (Å²) in [5.41, 5.74) is 5.24. The zero-order chi connectivity index (χ0) is 22.9. The summed E-state index contributed by atoms with van der Waals surface area (Å²) in [6.45, 7) is 1.74. The number of aryl methyl sites for hydroxylation is 1. The molecule has 0 radical (unpaired) electrons. The third kappa shape index (κ3) is 4.34. The summed E-state index contributed by atoms with van der Waals surface area (Å²) in [6, 6.07) is 17.5. The molecule has 0 saturated heterocycles. The van der Waals surface area contributed by atoms with Gasteiger partial charge in [0.2, 0.25) is 0 Å². The van der Waals surface area contributed by atoms with E-state index < -0.39 is 5.97 Å². The van der Waals surface area contributed by atoms with Crippen molar-refractivity contribution in [1.82, 2.24) is 15.0 Å². The molecule has 2 N–H and O–H groups in total. The van der Waals surface area contributed by atoms with Gasteiger partial charge in [-0.05, 0) is 67.0 Å². The minimum atomic E-state index is -1.00. The van der Waals surface area contributed by atoms with Gasteiger partial charge in [-0.3, -0.25) is 0 Å². The van der Waals surface area contributed by atoms with Gasteiger partial charge in [0.15, 0.2) is 5.65 Å². The van der Waals surface area contributed by atoms with Crippen molar-refractivity contribution in [3.63, 3.8) is 0 Å². The van der Waals surface area contributed by atoms with E-state index in [1.807, 2.05) is 6.07 Å². The Kier molecular flexibility index (Phi) is 5.60. The molecular weight excluding hydrogens is 438 g/mol. The Hall–Kier alpha value is -3.64. The maximum atomic E-state index is 11.4. The van der Waals surface area contributed by atoms with Crippen LogP contribution in [0.5, 0.6) is 11.8 Å². The topological polar surface area (TPSA) is 88.1 Å². The number of nitrogens with zero attached hydrogens (tertiary/aromatic N) is 2. The van der Waals surface area contributed by atoms with Crippen LogP contribution in [0.1, 0.15) is 52.4 Å². The van der Waals surface area contributed by atoms with E-state index in [0.717, 1.165) is 30.5 Å². The van der Waals surface area contributed by atoms with Crippen LogP contribution in [0, 0.1) is 6.92 Å². The van der Waals surface area contributed by atoms with Gasteiger partial charge in [-0.25, -0.2) is 9.78 Å². The molecule has 2 aromatic carbocycles. The number of halogens is 1. The molecule has 33 heavy (non-hydrogen) atoms. The molecule has 4 aromatic rings. The lowest BCUT2D eigenvalue weighted by molar-refractivity contribution is 0.0695. The van der Waals surface area contributed by atoms with Crippen molar-refractivity contribution in [2.75, 3.05) is 0 Å². The van der Waals surface area contributed by atoms with E-state index in [9.17, 15) is 9.90 Å². The number of imidazole rings is 1. The van der Waals surface area contributed by atoms with Crippen molar-refractivity contribution in [2.24, 2.45) is 0 Å². The molecule has 0 fully saturated rings. The Bertz CT molecular complexity index is 1380. The number of fused-ring (bicyclic) bond motifs is 1. The molecule has 6 nitrogen and oxygen atoms in total. The smallest absolute Gasteiger partial charge is 0.336 e. The van der Waals surface area contributed by atoms with Gasteiger partial charge >= 0.3 is 12.0 Å². The van der Waals surface area contributed by atoms with Crippen molar-refractivity contribution in [1.29, 1.82) is 0 Å². The Morgan fingerprint density at radius 2 is 1.97 bits per heavy atom. The van der Waals surface area contributed by atoms with E-state index in [4.69, 9.17) is 21.3 Å². The van der Waals surface area contributed by atoms with Crippen LogP contribution >= 0.6 is 11.6 Å². The van der Waals surface area contributed by atoms with Gasteiger partial charge in [0.05, 0.1) is 21.8 Å². The number of aromatic amines is 1. The van der Waals surface area contributed by atoms with Crippen LogP contribution < -0.4 is 4.74 Å². The molecule has 5 rings (SSSR count). The summed E-state index contributed by atoms with van der Waals surface area (Å²) < 4.78 is 5.77. The number of nitrogens with one attached hydrogen (secondary N) is 1. The lowest BCUT2D eigenvalue weighted by Crippen LogP contribution is -2.05. The summed E-state index contributed by atoms with van der Waals surface area (Å²) in [4.78, 5) is 23.6. The molecule has 1 atom stereocenters. The van der Waals surface area contributed by atoms with Crippen molar-refractivity contribution < 1.29 is 14.6 Å². The van der Waals surface area contributed by atoms with Gasteiger partial charge in [0.25, 0.3) is 0 Å². The number of hydrogen-bond donors (Lipinski definition) is 2. The summed E-state index contributed by atoms with van der Waals surface area (Å²) in [7, 11) is 0. The molecule has 1 unspecified atom stereocenters. The number of aromatic carboxylic acids is 1. The highest BCUT2D eigenvalue weighted by Gasteiger charge is 2.20. The number of carbonyl (C=O) groups is 1. The SMILES string of the molecule is Cc1ccc(Oc2nc3nc(C4=CCC(c5ccccc5)CC4)c(Cl)cc3[nH]2)cc1C(=O)O. The Morgan fingerprint density at radius 1 is 1.15 bits per heavy atom. The van der Waals surface area contributed by atoms with Gasteiger partial charge < -0.3 is 14.8 Å².